The van der Waals surface area contributed by atoms with E-state index in [-0.39, 0.29) is 13.2 Å². The number of furan rings is 1. The molecule has 0 bridgehead atoms. The molecule has 7 heteroatoms. The lowest BCUT2D eigenvalue weighted by Crippen LogP contribution is -2.39. The standard InChI is InChI=1S/C9H11N3O4/c13-4-3-10-8(14)9(15)12-11-6-7-2-1-5-16-7/h1-2,5-6,13H,3-4H2,(H,10,14)(H,12,15)/b11-6+. The molecule has 0 aliphatic heterocycles. The van der Waals surface area contributed by atoms with Crippen LogP contribution < -0.4 is 10.7 Å². The van der Waals surface area contributed by atoms with Crippen LogP contribution in [0, 0.1) is 0 Å². The highest BCUT2D eigenvalue weighted by Gasteiger charge is 2.10. The average molecular weight is 225 g/mol. The number of carbonyl (C=O) groups excluding carboxylic acids is 2. The Balaban J connectivity index is 2.32. The van der Waals surface area contributed by atoms with Crippen LogP contribution >= 0.6 is 0 Å². The summed E-state index contributed by atoms with van der Waals surface area (Å²) in [5.74, 6) is -1.31. The van der Waals surface area contributed by atoms with E-state index in [1.165, 1.54) is 12.5 Å². The fourth-order valence-electron chi connectivity index (χ4n) is 0.820. The molecule has 0 saturated heterocycles. The van der Waals surface area contributed by atoms with E-state index in [4.69, 9.17) is 9.52 Å². The highest BCUT2D eigenvalue weighted by molar-refractivity contribution is 6.35. The van der Waals surface area contributed by atoms with Gasteiger partial charge in [-0.25, -0.2) is 5.43 Å². The first-order valence-corrected chi connectivity index (χ1v) is 4.49. The predicted molar refractivity (Wildman–Crippen MR) is 54.5 cm³/mol. The molecule has 0 aromatic carbocycles. The number of nitrogens with zero attached hydrogens (tertiary/aromatic N) is 1. The molecule has 0 aliphatic carbocycles. The second kappa shape index (κ2) is 6.36. The van der Waals surface area contributed by atoms with Gasteiger partial charge in [-0.3, -0.25) is 9.59 Å². The van der Waals surface area contributed by atoms with Gasteiger partial charge in [0.1, 0.15) is 5.76 Å². The maximum absolute atomic E-state index is 11.0. The minimum Gasteiger partial charge on any atom is -0.463 e. The molecule has 1 heterocycles. The van der Waals surface area contributed by atoms with Crippen molar-refractivity contribution in [3.63, 3.8) is 0 Å². The Bertz CT molecular complexity index is 372. The molecule has 1 aromatic rings. The molecule has 1 rings (SSSR count). The summed E-state index contributed by atoms with van der Waals surface area (Å²) in [6.07, 6.45) is 2.72. The quantitative estimate of drug-likeness (QED) is 0.341. The molecule has 2 amide bonds. The average Bonchev–Trinajstić information content (AvgIpc) is 2.78. The normalized spacial score (nSPS) is 10.3. The second-order valence-electron chi connectivity index (χ2n) is 2.69. The third kappa shape index (κ3) is 3.93. The van der Waals surface area contributed by atoms with E-state index < -0.39 is 11.8 Å². The Morgan fingerprint density at radius 1 is 1.50 bits per heavy atom. The van der Waals surface area contributed by atoms with E-state index in [0.717, 1.165) is 0 Å². The van der Waals surface area contributed by atoms with Crippen molar-refractivity contribution < 1.29 is 19.1 Å². The third-order valence-corrected chi connectivity index (χ3v) is 1.50. The lowest BCUT2D eigenvalue weighted by Gasteiger charge is -2.00. The van der Waals surface area contributed by atoms with Crippen LogP contribution in [-0.4, -0.2) is 36.3 Å². The molecule has 0 saturated carbocycles. The SMILES string of the molecule is O=C(NCCO)C(=O)N/N=C/c1ccco1. The van der Waals surface area contributed by atoms with Crippen molar-refractivity contribution in [1.29, 1.82) is 0 Å². The first kappa shape index (κ1) is 11.9. The van der Waals surface area contributed by atoms with Crippen molar-refractivity contribution in [2.24, 2.45) is 5.10 Å². The van der Waals surface area contributed by atoms with Gasteiger partial charge in [0.15, 0.2) is 0 Å². The fraction of sp³-hybridized carbons (Fsp3) is 0.222. The Hall–Kier alpha value is -2.15. The van der Waals surface area contributed by atoms with Crippen LogP contribution in [0.4, 0.5) is 0 Å². The summed E-state index contributed by atoms with van der Waals surface area (Å²) in [5.41, 5.74) is 2.01. The lowest BCUT2D eigenvalue weighted by molar-refractivity contribution is -0.139. The van der Waals surface area contributed by atoms with Crippen LogP contribution in [0.3, 0.4) is 0 Å². The molecule has 86 valence electrons. The molecule has 0 atom stereocenters. The maximum Gasteiger partial charge on any atom is 0.329 e. The summed E-state index contributed by atoms with van der Waals surface area (Å²) >= 11 is 0. The summed E-state index contributed by atoms with van der Waals surface area (Å²) in [5, 5.41) is 14.1. The first-order valence-electron chi connectivity index (χ1n) is 4.49. The Morgan fingerprint density at radius 2 is 2.31 bits per heavy atom. The van der Waals surface area contributed by atoms with Crippen LogP contribution in [-0.2, 0) is 9.59 Å². The van der Waals surface area contributed by atoms with Gasteiger partial charge in [-0.05, 0) is 12.1 Å². The molecule has 0 spiro atoms. The summed E-state index contributed by atoms with van der Waals surface area (Å²) in [6, 6.07) is 3.30. The number of hydrogen-bond acceptors (Lipinski definition) is 5. The molecule has 0 unspecified atom stereocenters. The number of hydrazone groups is 1. The van der Waals surface area contributed by atoms with Crippen molar-refractivity contribution in [1.82, 2.24) is 10.7 Å². The second-order valence-corrected chi connectivity index (χ2v) is 2.69. The summed E-state index contributed by atoms with van der Waals surface area (Å²) in [4.78, 5) is 22.0. The highest BCUT2D eigenvalue weighted by atomic mass is 16.3. The van der Waals surface area contributed by atoms with E-state index in [1.807, 2.05) is 5.43 Å². The molecule has 0 fully saturated rings. The van der Waals surface area contributed by atoms with Gasteiger partial charge in [-0.2, -0.15) is 5.10 Å². The van der Waals surface area contributed by atoms with E-state index >= 15 is 0 Å². The van der Waals surface area contributed by atoms with Gasteiger partial charge in [0.25, 0.3) is 0 Å². The molecular formula is C9H11N3O4. The molecular weight excluding hydrogens is 214 g/mol. The molecule has 1 aromatic heterocycles. The summed E-state index contributed by atoms with van der Waals surface area (Å²) in [7, 11) is 0. The van der Waals surface area contributed by atoms with Crippen LogP contribution in [0.25, 0.3) is 0 Å². The van der Waals surface area contributed by atoms with E-state index in [1.54, 1.807) is 12.1 Å². The zero-order chi connectivity index (χ0) is 11.8. The van der Waals surface area contributed by atoms with Gasteiger partial charge in [0.05, 0.1) is 19.1 Å². The summed E-state index contributed by atoms with van der Waals surface area (Å²) in [6.45, 7) is -0.206. The first-order chi connectivity index (χ1) is 7.74. The number of aliphatic hydroxyl groups excluding tert-OH is 1. The molecule has 3 N–H and O–H groups in total. The zero-order valence-electron chi connectivity index (χ0n) is 8.34. The van der Waals surface area contributed by atoms with Crippen LogP contribution in [0.1, 0.15) is 5.76 Å². The molecule has 16 heavy (non-hydrogen) atoms. The molecule has 7 nitrogen and oxygen atoms in total. The van der Waals surface area contributed by atoms with Gasteiger partial charge in [-0.1, -0.05) is 0 Å². The molecule has 0 aliphatic rings. The monoisotopic (exact) mass is 225 g/mol. The highest BCUT2D eigenvalue weighted by Crippen LogP contribution is 1.94. The van der Waals surface area contributed by atoms with Gasteiger partial charge >= 0.3 is 11.8 Å². The number of amides is 2. The Kier molecular flexibility index (Phi) is 4.74. The fourth-order valence-corrected chi connectivity index (χ4v) is 0.820. The van der Waals surface area contributed by atoms with Crippen molar-refractivity contribution >= 4 is 18.0 Å². The van der Waals surface area contributed by atoms with Gasteiger partial charge in [-0.15, -0.1) is 0 Å². The van der Waals surface area contributed by atoms with Gasteiger partial charge in [0, 0.05) is 6.54 Å². The van der Waals surface area contributed by atoms with E-state index in [9.17, 15) is 9.59 Å². The zero-order valence-corrected chi connectivity index (χ0v) is 8.34. The Labute approximate surface area is 91.1 Å². The topological polar surface area (TPSA) is 104 Å². The van der Waals surface area contributed by atoms with Crippen molar-refractivity contribution in [2.75, 3.05) is 13.2 Å². The minimum atomic E-state index is -0.906. The number of hydrogen-bond donors (Lipinski definition) is 3. The van der Waals surface area contributed by atoms with E-state index in [0.29, 0.717) is 5.76 Å². The smallest absolute Gasteiger partial charge is 0.329 e. The van der Waals surface area contributed by atoms with Gasteiger partial charge < -0.3 is 14.8 Å². The van der Waals surface area contributed by atoms with Crippen molar-refractivity contribution in [3.05, 3.63) is 24.2 Å². The number of nitrogens with one attached hydrogen (secondary N) is 2. The summed E-state index contributed by atoms with van der Waals surface area (Å²) < 4.78 is 4.91. The van der Waals surface area contributed by atoms with Crippen LogP contribution in [0.15, 0.2) is 27.9 Å². The number of rotatable bonds is 4. The van der Waals surface area contributed by atoms with Gasteiger partial charge in [0.2, 0.25) is 0 Å². The van der Waals surface area contributed by atoms with Crippen molar-refractivity contribution in [3.8, 4) is 0 Å². The largest absolute Gasteiger partial charge is 0.463 e. The number of carbonyl (C=O) groups is 2. The van der Waals surface area contributed by atoms with Crippen LogP contribution in [0.2, 0.25) is 0 Å². The van der Waals surface area contributed by atoms with E-state index in [2.05, 4.69) is 10.4 Å². The number of aliphatic hydroxyl groups is 1. The van der Waals surface area contributed by atoms with Crippen LogP contribution in [0.5, 0.6) is 0 Å². The maximum atomic E-state index is 11.0. The third-order valence-electron chi connectivity index (χ3n) is 1.50. The Morgan fingerprint density at radius 3 is 2.94 bits per heavy atom. The lowest BCUT2D eigenvalue weighted by atomic mass is 10.5. The molecule has 0 radical (unpaired) electrons. The minimum absolute atomic E-state index is 0.0220. The predicted octanol–water partition coefficient (Wildman–Crippen LogP) is -1.16. The van der Waals surface area contributed by atoms with Crippen molar-refractivity contribution in [2.45, 2.75) is 0 Å².